The van der Waals surface area contributed by atoms with Crippen molar-refractivity contribution >= 4 is 48.6 Å². The van der Waals surface area contributed by atoms with Crippen molar-refractivity contribution < 1.29 is 35.6 Å². The van der Waals surface area contributed by atoms with Crippen LogP contribution in [0.15, 0.2) is 76.4 Å². The van der Waals surface area contributed by atoms with Crippen molar-refractivity contribution in [3.05, 3.63) is 88.8 Å². The number of carbonyl (C=O) groups excluding carboxylic acids is 2. The lowest BCUT2D eigenvalue weighted by Gasteiger charge is -2.24. The lowest BCUT2D eigenvalue weighted by molar-refractivity contribution is -0.172. The van der Waals surface area contributed by atoms with Gasteiger partial charge in [0.1, 0.15) is 4.90 Å². The van der Waals surface area contributed by atoms with Crippen LogP contribution in [0.25, 0.3) is 0 Å². The summed E-state index contributed by atoms with van der Waals surface area (Å²) in [6.07, 6.45) is 0. The summed E-state index contributed by atoms with van der Waals surface area (Å²) < 4.78 is 54.1. The number of sulfone groups is 1. The Hall–Kier alpha value is -3.84. The monoisotopic (exact) mass is 514 g/mol. The summed E-state index contributed by atoms with van der Waals surface area (Å²) in [6, 6.07) is 12.6. The maximum absolute atomic E-state index is 13.4. The lowest BCUT2D eigenvalue weighted by atomic mass is 9.82. The molecule has 0 radical (unpaired) electrons. The molecule has 0 saturated heterocycles. The summed E-state index contributed by atoms with van der Waals surface area (Å²) in [4.78, 5) is 30.3. The van der Waals surface area contributed by atoms with Crippen molar-refractivity contribution in [3.8, 4) is 0 Å². The normalized spacial score (nSPS) is 13.2. The Morgan fingerprint density at radius 3 is 2.14 bits per heavy atom. The molecular formula is C23H18N2O8S2. The van der Waals surface area contributed by atoms with Crippen LogP contribution in [0.4, 0.5) is 17.1 Å². The van der Waals surface area contributed by atoms with Crippen LogP contribution in [0, 0.1) is 0 Å². The molecule has 1 aliphatic carbocycles. The quantitative estimate of drug-likeness (QED) is 0.213. The number of benzene rings is 3. The average Bonchev–Trinajstić information content (AvgIpc) is 2.83. The molecule has 0 saturated carbocycles. The third-order valence-electron chi connectivity index (χ3n) is 5.29. The van der Waals surface area contributed by atoms with E-state index in [1.165, 1.54) is 36.4 Å². The Balaban J connectivity index is 1.99. The molecule has 3 N–H and O–H groups in total. The van der Waals surface area contributed by atoms with Gasteiger partial charge in [0.15, 0.2) is 21.4 Å². The summed E-state index contributed by atoms with van der Waals surface area (Å²) >= 11 is 0. The molecule has 0 aromatic heterocycles. The molecule has 3 aromatic rings. The minimum absolute atomic E-state index is 0.0592. The van der Waals surface area contributed by atoms with E-state index in [-0.39, 0.29) is 38.5 Å². The Bertz CT molecular complexity index is 1630. The fraction of sp³-hybridized carbons (Fsp3) is 0.0435. The number of nitrogen functional groups attached to an aromatic ring is 1. The van der Waals surface area contributed by atoms with E-state index in [0.29, 0.717) is 0 Å². The van der Waals surface area contributed by atoms with Crippen LogP contribution < -0.4 is 11.1 Å². The minimum Gasteiger partial charge on any atom is -0.397 e. The van der Waals surface area contributed by atoms with Gasteiger partial charge in [0.05, 0.1) is 34.5 Å². The highest BCUT2D eigenvalue weighted by molar-refractivity contribution is 7.94. The molecule has 0 unspecified atom stereocenters. The number of hydrogen-bond acceptors (Lipinski definition) is 10. The van der Waals surface area contributed by atoms with Gasteiger partial charge in [0.2, 0.25) is 0 Å². The van der Waals surface area contributed by atoms with Gasteiger partial charge in [0, 0.05) is 22.2 Å². The maximum Gasteiger partial charge on any atom is 0.325 e. The molecule has 180 valence electrons. The van der Waals surface area contributed by atoms with Crippen LogP contribution in [0.2, 0.25) is 0 Å². The third kappa shape index (κ3) is 4.12. The summed E-state index contributed by atoms with van der Waals surface area (Å²) in [5.41, 5.74) is 5.36. The van der Waals surface area contributed by atoms with Crippen molar-refractivity contribution in [2.24, 2.45) is 0 Å². The van der Waals surface area contributed by atoms with Gasteiger partial charge in [0.25, 0.3) is 0 Å². The van der Waals surface area contributed by atoms with Gasteiger partial charge in [-0.2, -0.15) is 8.42 Å². The highest BCUT2D eigenvalue weighted by Crippen LogP contribution is 2.40. The highest BCUT2D eigenvalue weighted by Gasteiger charge is 2.37. The maximum atomic E-state index is 13.4. The molecule has 0 bridgehead atoms. The van der Waals surface area contributed by atoms with E-state index in [1.807, 2.05) is 0 Å². The van der Waals surface area contributed by atoms with E-state index in [9.17, 15) is 26.4 Å². The number of rotatable bonds is 7. The predicted molar refractivity (Wildman–Crippen MR) is 127 cm³/mol. The molecule has 12 heteroatoms. The first-order valence-electron chi connectivity index (χ1n) is 9.88. The van der Waals surface area contributed by atoms with Gasteiger partial charge >= 0.3 is 10.1 Å². The Morgan fingerprint density at radius 1 is 0.914 bits per heavy atom. The molecule has 0 fully saturated rings. The standard InChI is InChI=1S/C23H18N2O8S2/c1-3-34(28,29)14-8-6-7-13(11-14)25-17-12-18(35(30,31)33-32-2)21(24)20-19(17)22(26)15-9-4-5-10-16(15)23(20)27/h3-12,25H,1,24H2,2H3. The molecule has 10 nitrogen and oxygen atoms in total. The van der Waals surface area contributed by atoms with Crippen molar-refractivity contribution in [2.45, 2.75) is 9.79 Å². The molecule has 4 rings (SSSR count). The van der Waals surface area contributed by atoms with E-state index in [2.05, 4.69) is 21.1 Å². The summed E-state index contributed by atoms with van der Waals surface area (Å²) in [5.74, 6) is -1.23. The number of fused-ring (bicyclic) bond motifs is 2. The zero-order chi connectivity index (χ0) is 25.5. The predicted octanol–water partition coefficient (Wildman–Crippen LogP) is 2.97. The Kier molecular flexibility index (Phi) is 6.07. The number of carbonyl (C=O) groups is 2. The Morgan fingerprint density at radius 2 is 1.54 bits per heavy atom. The molecule has 35 heavy (non-hydrogen) atoms. The smallest absolute Gasteiger partial charge is 0.325 e. The fourth-order valence-corrected chi connectivity index (χ4v) is 5.37. The lowest BCUT2D eigenvalue weighted by Crippen LogP contribution is -2.25. The molecule has 0 spiro atoms. The topological polar surface area (TPSA) is 159 Å². The zero-order valence-electron chi connectivity index (χ0n) is 18.1. The van der Waals surface area contributed by atoms with E-state index in [1.54, 1.807) is 12.1 Å². The minimum atomic E-state index is -4.60. The summed E-state index contributed by atoms with van der Waals surface area (Å²) in [6.45, 7) is 3.29. The van der Waals surface area contributed by atoms with Crippen molar-refractivity contribution in [1.29, 1.82) is 0 Å². The highest BCUT2D eigenvalue weighted by atomic mass is 32.2. The molecule has 0 atom stereocenters. The van der Waals surface area contributed by atoms with Gasteiger partial charge < -0.3 is 11.1 Å². The van der Waals surface area contributed by atoms with Crippen LogP contribution in [0.3, 0.4) is 0 Å². The number of anilines is 3. The van der Waals surface area contributed by atoms with Crippen LogP contribution in [-0.4, -0.2) is 35.5 Å². The van der Waals surface area contributed by atoms with Gasteiger partial charge in [-0.15, -0.1) is 4.33 Å². The van der Waals surface area contributed by atoms with Crippen LogP contribution >= 0.6 is 0 Å². The second-order valence-electron chi connectivity index (χ2n) is 7.34. The molecule has 0 amide bonds. The zero-order valence-corrected chi connectivity index (χ0v) is 19.8. The Labute approximate surface area is 201 Å². The van der Waals surface area contributed by atoms with Crippen LogP contribution in [0.5, 0.6) is 0 Å². The van der Waals surface area contributed by atoms with E-state index in [4.69, 9.17) is 5.73 Å². The first-order valence-corrected chi connectivity index (χ1v) is 12.8. The van der Waals surface area contributed by atoms with Crippen molar-refractivity contribution in [3.63, 3.8) is 0 Å². The van der Waals surface area contributed by atoms with Crippen molar-refractivity contribution in [2.75, 3.05) is 18.2 Å². The second-order valence-corrected chi connectivity index (χ2v) is 10.7. The second kappa shape index (κ2) is 8.74. The van der Waals surface area contributed by atoms with Gasteiger partial charge in [-0.3, -0.25) is 9.59 Å². The van der Waals surface area contributed by atoms with Crippen LogP contribution in [-0.2, 0) is 29.2 Å². The van der Waals surface area contributed by atoms with Crippen LogP contribution in [0.1, 0.15) is 31.8 Å². The summed E-state index contributed by atoms with van der Waals surface area (Å²) in [5, 5.41) is 3.62. The van der Waals surface area contributed by atoms with Gasteiger partial charge in [-0.25, -0.2) is 13.3 Å². The first kappa shape index (κ1) is 24.3. The van der Waals surface area contributed by atoms with Gasteiger partial charge in [-0.05, 0) is 24.3 Å². The largest absolute Gasteiger partial charge is 0.397 e. The number of nitrogens with one attached hydrogen (secondary N) is 1. The third-order valence-corrected chi connectivity index (χ3v) is 7.83. The first-order chi connectivity index (χ1) is 16.5. The molecule has 3 aromatic carbocycles. The van der Waals surface area contributed by atoms with E-state index >= 15 is 0 Å². The molecule has 1 aliphatic rings. The van der Waals surface area contributed by atoms with E-state index < -0.39 is 42.1 Å². The summed E-state index contributed by atoms with van der Waals surface area (Å²) in [7, 11) is -7.41. The molecule has 0 aliphatic heterocycles. The molecular weight excluding hydrogens is 496 g/mol. The number of ketones is 2. The SMILES string of the molecule is C=CS(=O)(=O)c1cccc(Nc2cc(S(=O)(=O)OOC)c(N)c3c2C(=O)c2ccccc2C3=O)c1. The molecule has 0 heterocycles. The number of hydrogen-bond donors (Lipinski definition) is 2. The van der Waals surface area contributed by atoms with Crippen molar-refractivity contribution in [1.82, 2.24) is 0 Å². The fourth-order valence-electron chi connectivity index (χ4n) is 3.73. The van der Waals surface area contributed by atoms with Gasteiger partial charge in [-0.1, -0.05) is 36.9 Å². The average molecular weight is 515 g/mol. The number of nitrogens with two attached hydrogens (primary N) is 1. The van der Waals surface area contributed by atoms with E-state index in [0.717, 1.165) is 18.6 Å².